The van der Waals surface area contributed by atoms with Crippen molar-refractivity contribution in [2.45, 2.75) is 18.9 Å². The normalized spacial score (nSPS) is 13.2. The molecule has 5 nitrogen and oxygen atoms in total. The molecule has 0 spiro atoms. The van der Waals surface area contributed by atoms with Gasteiger partial charge in [-0.05, 0) is 30.5 Å². The second-order valence-electron chi connectivity index (χ2n) is 5.36. The summed E-state index contributed by atoms with van der Waals surface area (Å²) >= 11 is 0. The molecule has 1 atom stereocenters. The van der Waals surface area contributed by atoms with Crippen molar-refractivity contribution in [1.29, 1.82) is 0 Å². The van der Waals surface area contributed by atoms with Crippen LogP contribution in [0.25, 0.3) is 0 Å². The van der Waals surface area contributed by atoms with Crippen molar-refractivity contribution in [1.82, 2.24) is 15.6 Å². The van der Waals surface area contributed by atoms with E-state index in [1.54, 1.807) is 19.3 Å². The van der Waals surface area contributed by atoms with Crippen LogP contribution in [0.15, 0.2) is 54.9 Å². The zero-order chi connectivity index (χ0) is 15.8. The van der Waals surface area contributed by atoms with E-state index in [1.807, 2.05) is 42.5 Å². The van der Waals surface area contributed by atoms with Gasteiger partial charge in [-0.2, -0.15) is 0 Å². The number of rotatable bonds is 6. The zero-order valence-electron chi connectivity index (χ0n) is 12.6. The average Bonchev–Trinajstić information content (AvgIpc) is 2.55. The first-order chi connectivity index (χ1) is 10.6. The van der Waals surface area contributed by atoms with E-state index in [-0.39, 0.29) is 12.6 Å². The summed E-state index contributed by atoms with van der Waals surface area (Å²) in [6, 6.07) is 12.8. The summed E-state index contributed by atoms with van der Waals surface area (Å²) in [5.74, 6) is 0. The van der Waals surface area contributed by atoms with Crippen molar-refractivity contribution in [3.63, 3.8) is 0 Å². The van der Waals surface area contributed by atoms with Gasteiger partial charge in [-0.15, -0.1) is 0 Å². The maximum atomic E-state index is 11.8. The SMILES string of the molecule is CC(O)(CNC(=O)NCCc1cccnc1)c1ccccc1. The van der Waals surface area contributed by atoms with E-state index in [9.17, 15) is 9.90 Å². The van der Waals surface area contributed by atoms with Gasteiger partial charge in [0.15, 0.2) is 0 Å². The van der Waals surface area contributed by atoms with Gasteiger partial charge >= 0.3 is 6.03 Å². The summed E-state index contributed by atoms with van der Waals surface area (Å²) in [6.45, 7) is 2.35. The lowest BCUT2D eigenvalue weighted by molar-refractivity contribution is 0.0594. The van der Waals surface area contributed by atoms with Crippen LogP contribution < -0.4 is 10.6 Å². The molecule has 1 unspecified atom stereocenters. The number of pyridine rings is 1. The van der Waals surface area contributed by atoms with Crippen LogP contribution in [0.4, 0.5) is 4.79 Å². The molecule has 116 valence electrons. The quantitative estimate of drug-likeness (QED) is 0.762. The van der Waals surface area contributed by atoms with Crippen molar-refractivity contribution in [3.05, 3.63) is 66.0 Å². The largest absolute Gasteiger partial charge is 0.384 e. The van der Waals surface area contributed by atoms with Crippen LogP contribution in [-0.4, -0.2) is 29.2 Å². The van der Waals surface area contributed by atoms with E-state index in [0.29, 0.717) is 6.54 Å². The number of nitrogens with one attached hydrogen (secondary N) is 2. The van der Waals surface area contributed by atoms with Crippen LogP contribution in [0.5, 0.6) is 0 Å². The molecule has 1 aromatic heterocycles. The van der Waals surface area contributed by atoms with Crippen LogP contribution in [-0.2, 0) is 12.0 Å². The summed E-state index contributed by atoms with van der Waals surface area (Å²) in [5.41, 5.74) is 0.742. The topological polar surface area (TPSA) is 74.2 Å². The lowest BCUT2D eigenvalue weighted by atomic mass is 9.96. The first-order valence-electron chi connectivity index (χ1n) is 7.26. The number of aromatic nitrogens is 1. The maximum Gasteiger partial charge on any atom is 0.314 e. The predicted molar refractivity (Wildman–Crippen MR) is 85.4 cm³/mol. The highest BCUT2D eigenvalue weighted by Gasteiger charge is 2.23. The van der Waals surface area contributed by atoms with Gasteiger partial charge in [0.05, 0.1) is 6.54 Å². The van der Waals surface area contributed by atoms with Gasteiger partial charge in [-0.1, -0.05) is 36.4 Å². The van der Waals surface area contributed by atoms with Crippen LogP contribution in [0.1, 0.15) is 18.1 Å². The van der Waals surface area contributed by atoms with Gasteiger partial charge in [-0.25, -0.2) is 4.79 Å². The molecule has 5 heteroatoms. The molecule has 22 heavy (non-hydrogen) atoms. The Morgan fingerprint density at radius 1 is 1.18 bits per heavy atom. The molecule has 3 N–H and O–H groups in total. The molecule has 1 heterocycles. The smallest absolute Gasteiger partial charge is 0.314 e. The fourth-order valence-electron chi connectivity index (χ4n) is 2.08. The van der Waals surface area contributed by atoms with Crippen molar-refractivity contribution in [2.24, 2.45) is 0 Å². The number of carbonyl (C=O) groups excluding carboxylic acids is 1. The summed E-state index contributed by atoms with van der Waals surface area (Å²) in [4.78, 5) is 15.8. The number of carbonyl (C=O) groups is 1. The Morgan fingerprint density at radius 3 is 2.64 bits per heavy atom. The van der Waals surface area contributed by atoms with E-state index in [4.69, 9.17) is 0 Å². The lowest BCUT2D eigenvalue weighted by Crippen LogP contribution is -2.43. The minimum absolute atomic E-state index is 0.149. The van der Waals surface area contributed by atoms with Gasteiger partial charge in [0.1, 0.15) is 5.60 Å². The van der Waals surface area contributed by atoms with Gasteiger partial charge < -0.3 is 15.7 Å². The fraction of sp³-hybridized carbons (Fsp3) is 0.294. The molecule has 0 bridgehead atoms. The summed E-state index contributed by atoms with van der Waals surface area (Å²) in [5, 5.41) is 15.8. The highest BCUT2D eigenvalue weighted by atomic mass is 16.3. The van der Waals surface area contributed by atoms with E-state index >= 15 is 0 Å². The van der Waals surface area contributed by atoms with Crippen molar-refractivity contribution in [3.8, 4) is 0 Å². The third-order valence-electron chi connectivity index (χ3n) is 3.41. The van der Waals surface area contributed by atoms with E-state index in [2.05, 4.69) is 15.6 Å². The lowest BCUT2D eigenvalue weighted by Gasteiger charge is -2.24. The molecule has 2 amide bonds. The molecule has 0 aliphatic rings. The number of benzene rings is 1. The minimum atomic E-state index is -1.10. The highest BCUT2D eigenvalue weighted by Crippen LogP contribution is 2.18. The first-order valence-corrected chi connectivity index (χ1v) is 7.26. The van der Waals surface area contributed by atoms with Crippen LogP contribution in [0.3, 0.4) is 0 Å². The average molecular weight is 299 g/mol. The standard InChI is InChI=1S/C17H21N3O2/c1-17(22,15-7-3-2-4-8-15)13-20-16(21)19-11-9-14-6-5-10-18-12-14/h2-8,10,12,22H,9,11,13H2,1H3,(H2,19,20,21). The summed E-state index contributed by atoms with van der Waals surface area (Å²) in [7, 11) is 0. The molecular weight excluding hydrogens is 278 g/mol. The first kappa shape index (κ1) is 16.0. The molecule has 0 aliphatic heterocycles. The van der Waals surface area contributed by atoms with Crippen molar-refractivity contribution >= 4 is 6.03 Å². The highest BCUT2D eigenvalue weighted by molar-refractivity contribution is 5.73. The summed E-state index contributed by atoms with van der Waals surface area (Å²) in [6.07, 6.45) is 4.21. The van der Waals surface area contributed by atoms with Crippen molar-refractivity contribution in [2.75, 3.05) is 13.1 Å². The van der Waals surface area contributed by atoms with Gasteiger partial charge in [0.25, 0.3) is 0 Å². The van der Waals surface area contributed by atoms with Gasteiger partial charge in [0.2, 0.25) is 0 Å². The molecular formula is C17H21N3O2. The van der Waals surface area contributed by atoms with E-state index in [0.717, 1.165) is 17.5 Å². The van der Waals surface area contributed by atoms with Crippen LogP contribution >= 0.6 is 0 Å². The van der Waals surface area contributed by atoms with E-state index < -0.39 is 5.60 Å². The molecule has 0 radical (unpaired) electrons. The van der Waals surface area contributed by atoms with Gasteiger partial charge in [0, 0.05) is 18.9 Å². The third kappa shape index (κ3) is 4.86. The Labute approximate surface area is 130 Å². The Balaban J connectivity index is 1.73. The minimum Gasteiger partial charge on any atom is -0.384 e. The Kier molecular flexibility index (Phi) is 5.49. The Morgan fingerprint density at radius 2 is 1.95 bits per heavy atom. The molecule has 0 fully saturated rings. The number of nitrogens with zero attached hydrogens (tertiary/aromatic N) is 1. The molecule has 1 aromatic carbocycles. The maximum absolute atomic E-state index is 11.8. The third-order valence-corrected chi connectivity index (χ3v) is 3.41. The Hall–Kier alpha value is -2.40. The number of urea groups is 1. The number of hydrogen-bond donors (Lipinski definition) is 3. The fourth-order valence-corrected chi connectivity index (χ4v) is 2.08. The number of amides is 2. The van der Waals surface area contributed by atoms with Crippen LogP contribution in [0.2, 0.25) is 0 Å². The Bertz CT molecular complexity index is 585. The van der Waals surface area contributed by atoms with E-state index in [1.165, 1.54) is 0 Å². The second kappa shape index (κ2) is 7.56. The second-order valence-corrected chi connectivity index (χ2v) is 5.36. The zero-order valence-corrected chi connectivity index (χ0v) is 12.6. The number of hydrogen-bond acceptors (Lipinski definition) is 3. The van der Waals surface area contributed by atoms with Crippen molar-refractivity contribution < 1.29 is 9.90 Å². The molecule has 0 saturated heterocycles. The molecule has 2 aromatic rings. The summed E-state index contributed by atoms with van der Waals surface area (Å²) < 4.78 is 0. The molecule has 2 rings (SSSR count). The monoisotopic (exact) mass is 299 g/mol. The van der Waals surface area contributed by atoms with Crippen LogP contribution in [0, 0.1) is 0 Å². The molecule has 0 aliphatic carbocycles. The predicted octanol–water partition coefficient (Wildman–Crippen LogP) is 1.83. The van der Waals surface area contributed by atoms with Gasteiger partial charge in [-0.3, -0.25) is 4.98 Å². The number of aliphatic hydroxyl groups is 1. The molecule has 0 saturated carbocycles.